The van der Waals surface area contributed by atoms with Gasteiger partial charge in [-0.3, -0.25) is 0 Å². The third-order valence-corrected chi connectivity index (χ3v) is 3.67. The van der Waals surface area contributed by atoms with Crippen LogP contribution >= 0.6 is 23.2 Å². The molecular formula is C15H10Cl2Ti. The van der Waals surface area contributed by atoms with Gasteiger partial charge >= 0.3 is 0 Å². The van der Waals surface area contributed by atoms with Gasteiger partial charge in [-0.2, -0.15) is 0 Å². The first-order valence-electron chi connectivity index (χ1n) is 5.44. The average Bonchev–Trinajstić information content (AvgIpc) is 2.67. The first kappa shape index (κ1) is 13.9. The second-order valence-electron chi connectivity index (χ2n) is 4.09. The van der Waals surface area contributed by atoms with Gasteiger partial charge < -0.3 is 0 Å². The van der Waals surface area contributed by atoms with Gasteiger partial charge in [0.15, 0.2) is 4.33 Å². The summed E-state index contributed by atoms with van der Waals surface area (Å²) in [5.41, 5.74) is 4.42. The maximum atomic E-state index is 6.24. The fraction of sp³-hybridized carbons (Fsp3) is 0.0667. The molecule has 0 N–H and O–H groups in total. The molecular weight excluding hydrogens is 299 g/mol. The van der Waals surface area contributed by atoms with Crippen LogP contribution in [0.3, 0.4) is 0 Å². The minimum atomic E-state index is -0.889. The number of hydrogen-bond acceptors (Lipinski definition) is 0. The molecule has 0 amide bonds. The van der Waals surface area contributed by atoms with E-state index in [4.69, 9.17) is 23.2 Å². The zero-order valence-electron chi connectivity index (χ0n) is 9.53. The fourth-order valence-electron chi connectivity index (χ4n) is 2.18. The average molecular weight is 309 g/mol. The third-order valence-electron chi connectivity index (χ3n) is 3.01. The van der Waals surface area contributed by atoms with E-state index in [1.165, 1.54) is 11.1 Å². The Balaban J connectivity index is 0.00000120. The van der Waals surface area contributed by atoms with Crippen molar-refractivity contribution >= 4 is 29.3 Å². The van der Waals surface area contributed by atoms with E-state index >= 15 is 0 Å². The van der Waals surface area contributed by atoms with Crippen molar-refractivity contribution in [3.63, 3.8) is 0 Å². The standard InChI is InChI=1S/C15H10Cl2.Ti/c16-15(17)10-9-13-12(7-4-8-14(13)15)11-5-2-1-3-6-11;/h1-10H;. The van der Waals surface area contributed by atoms with Gasteiger partial charge in [-0.1, -0.05) is 77.8 Å². The second kappa shape index (κ2) is 5.23. The maximum Gasteiger partial charge on any atom is 0.162 e. The van der Waals surface area contributed by atoms with E-state index in [9.17, 15) is 0 Å². The summed E-state index contributed by atoms with van der Waals surface area (Å²) in [6.45, 7) is 0. The van der Waals surface area contributed by atoms with Gasteiger partial charge in [0.25, 0.3) is 0 Å². The van der Waals surface area contributed by atoms with Crippen LogP contribution in [-0.4, -0.2) is 0 Å². The topological polar surface area (TPSA) is 0 Å². The van der Waals surface area contributed by atoms with Crippen molar-refractivity contribution in [1.29, 1.82) is 0 Å². The van der Waals surface area contributed by atoms with E-state index in [0.29, 0.717) is 0 Å². The molecule has 0 heterocycles. The van der Waals surface area contributed by atoms with Crippen LogP contribution in [0.25, 0.3) is 17.2 Å². The van der Waals surface area contributed by atoms with Gasteiger partial charge in [0.05, 0.1) is 0 Å². The molecule has 0 spiro atoms. The van der Waals surface area contributed by atoms with Crippen LogP contribution in [0, 0.1) is 0 Å². The predicted octanol–water partition coefficient (Wildman–Crippen LogP) is 5.01. The zero-order chi connectivity index (χ0) is 11.9. The van der Waals surface area contributed by atoms with Crippen molar-refractivity contribution in [3.8, 4) is 11.1 Å². The Morgan fingerprint density at radius 1 is 0.833 bits per heavy atom. The molecule has 0 radical (unpaired) electrons. The number of benzene rings is 2. The Morgan fingerprint density at radius 3 is 2.28 bits per heavy atom. The summed E-state index contributed by atoms with van der Waals surface area (Å²) < 4.78 is -0.889. The van der Waals surface area contributed by atoms with Gasteiger partial charge in [-0.05, 0) is 28.3 Å². The zero-order valence-corrected chi connectivity index (χ0v) is 12.6. The van der Waals surface area contributed by atoms with Gasteiger partial charge in [-0.15, -0.1) is 0 Å². The maximum absolute atomic E-state index is 6.24. The molecule has 0 aromatic heterocycles. The molecule has 0 bridgehead atoms. The van der Waals surface area contributed by atoms with Gasteiger partial charge in [0, 0.05) is 21.7 Å². The molecule has 2 aromatic carbocycles. The second-order valence-corrected chi connectivity index (χ2v) is 5.47. The molecule has 0 fully saturated rings. The molecule has 1 aliphatic carbocycles. The van der Waals surface area contributed by atoms with Crippen molar-refractivity contribution in [3.05, 3.63) is 65.7 Å². The molecule has 3 heteroatoms. The Kier molecular flexibility index (Phi) is 4.03. The quantitative estimate of drug-likeness (QED) is 0.513. The Morgan fingerprint density at radius 2 is 1.56 bits per heavy atom. The van der Waals surface area contributed by atoms with Crippen molar-refractivity contribution in [2.75, 3.05) is 0 Å². The van der Waals surface area contributed by atoms with E-state index in [1.54, 1.807) is 0 Å². The van der Waals surface area contributed by atoms with E-state index in [0.717, 1.165) is 11.1 Å². The van der Waals surface area contributed by atoms with Crippen molar-refractivity contribution < 1.29 is 21.7 Å². The predicted molar refractivity (Wildman–Crippen MR) is 74.3 cm³/mol. The van der Waals surface area contributed by atoms with Crippen LogP contribution in [0.4, 0.5) is 0 Å². The summed E-state index contributed by atoms with van der Waals surface area (Å²) in [7, 11) is 0. The molecule has 0 saturated heterocycles. The van der Waals surface area contributed by atoms with E-state index in [2.05, 4.69) is 18.2 Å². The van der Waals surface area contributed by atoms with E-state index in [-0.39, 0.29) is 21.7 Å². The molecule has 1 aliphatic rings. The molecule has 88 valence electrons. The summed E-state index contributed by atoms with van der Waals surface area (Å²) in [4.78, 5) is 0. The van der Waals surface area contributed by atoms with Crippen molar-refractivity contribution in [1.82, 2.24) is 0 Å². The molecule has 0 saturated carbocycles. The first-order valence-corrected chi connectivity index (χ1v) is 6.20. The van der Waals surface area contributed by atoms with Crippen LogP contribution in [0.5, 0.6) is 0 Å². The van der Waals surface area contributed by atoms with Crippen molar-refractivity contribution in [2.45, 2.75) is 4.33 Å². The third kappa shape index (κ3) is 2.31. The molecule has 0 atom stereocenters. The largest absolute Gasteiger partial charge is 0.162 e. The Bertz CT molecular complexity index is 589. The number of halogens is 2. The molecule has 3 rings (SSSR count). The molecule has 2 aromatic rings. The van der Waals surface area contributed by atoms with Crippen molar-refractivity contribution in [2.24, 2.45) is 0 Å². The number of alkyl halides is 2. The number of rotatable bonds is 1. The van der Waals surface area contributed by atoms with Gasteiger partial charge in [-0.25, -0.2) is 0 Å². The monoisotopic (exact) mass is 308 g/mol. The Hall–Kier alpha value is -0.526. The fourth-order valence-corrected chi connectivity index (χ4v) is 2.64. The summed E-state index contributed by atoms with van der Waals surface area (Å²) in [5, 5.41) is 0. The summed E-state index contributed by atoms with van der Waals surface area (Å²) >= 11 is 12.5. The first-order chi connectivity index (χ1) is 8.18. The van der Waals surface area contributed by atoms with Gasteiger partial charge in [0.1, 0.15) is 0 Å². The molecule has 0 unspecified atom stereocenters. The van der Waals surface area contributed by atoms with E-state index in [1.807, 2.05) is 42.5 Å². The van der Waals surface area contributed by atoms with E-state index < -0.39 is 4.33 Å². The summed E-state index contributed by atoms with van der Waals surface area (Å²) in [6, 6.07) is 16.3. The Labute approximate surface area is 132 Å². The minimum absolute atomic E-state index is 0. The number of hydrogen-bond donors (Lipinski definition) is 0. The molecule has 0 nitrogen and oxygen atoms in total. The normalized spacial score (nSPS) is 15.0. The SMILES string of the molecule is ClC1(Cl)C=Cc2c(-c3ccccc3)cccc21.[Ti]. The van der Waals surface area contributed by atoms with Crippen LogP contribution in [0.2, 0.25) is 0 Å². The van der Waals surface area contributed by atoms with Crippen LogP contribution in [0.15, 0.2) is 54.6 Å². The smallest absolute Gasteiger partial charge is 0.0916 e. The minimum Gasteiger partial charge on any atom is -0.0916 e. The summed E-state index contributed by atoms with van der Waals surface area (Å²) in [5.74, 6) is 0. The summed E-state index contributed by atoms with van der Waals surface area (Å²) in [6.07, 6.45) is 3.82. The van der Waals surface area contributed by atoms with Gasteiger partial charge in [0.2, 0.25) is 0 Å². The number of allylic oxidation sites excluding steroid dienone is 1. The van der Waals surface area contributed by atoms with Crippen LogP contribution < -0.4 is 0 Å². The number of fused-ring (bicyclic) bond motifs is 1. The van der Waals surface area contributed by atoms with Crippen LogP contribution in [0.1, 0.15) is 11.1 Å². The molecule has 0 aliphatic heterocycles. The molecule has 18 heavy (non-hydrogen) atoms. The van der Waals surface area contributed by atoms with Crippen LogP contribution in [-0.2, 0) is 26.1 Å².